The summed E-state index contributed by atoms with van der Waals surface area (Å²) in [5.74, 6) is 6.03. The number of carbonyl (C=O) groups excluding carboxylic acids is 1. The number of amides is 1. The highest BCUT2D eigenvalue weighted by molar-refractivity contribution is 7.98. The van der Waals surface area contributed by atoms with Crippen molar-refractivity contribution < 1.29 is 4.79 Å². The fraction of sp³-hybridized carbons (Fsp3) is 0.364. The van der Waals surface area contributed by atoms with Crippen LogP contribution in [0.4, 0.5) is 5.69 Å². The van der Waals surface area contributed by atoms with Gasteiger partial charge in [0.05, 0.1) is 11.3 Å². The van der Waals surface area contributed by atoms with E-state index in [1.165, 1.54) is 0 Å². The third kappa shape index (κ3) is 4.11. The van der Waals surface area contributed by atoms with E-state index >= 15 is 0 Å². The molecule has 17 heavy (non-hydrogen) atoms. The fourth-order valence-electron chi connectivity index (χ4n) is 1.42. The van der Waals surface area contributed by atoms with Crippen molar-refractivity contribution in [3.05, 3.63) is 28.8 Å². The lowest BCUT2D eigenvalue weighted by molar-refractivity contribution is 0.0944. The van der Waals surface area contributed by atoms with Gasteiger partial charge in [-0.25, -0.2) is 0 Å². The lowest BCUT2D eigenvalue weighted by Gasteiger charge is -2.14. The summed E-state index contributed by atoms with van der Waals surface area (Å²) >= 11 is 7.54. The zero-order valence-corrected chi connectivity index (χ0v) is 11.4. The molecule has 0 aliphatic rings. The Morgan fingerprint density at radius 1 is 1.59 bits per heavy atom. The molecule has 1 rings (SSSR count). The second kappa shape index (κ2) is 6.74. The zero-order valence-electron chi connectivity index (χ0n) is 9.79. The van der Waals surface area contributed by atoms with Crippen molar-refractivity contribution in [3.8, 4) is 0 Å². The van der Waals surface area contributed by atoms with Crippen LogP contribution in [0.2, 0.25) is 5.02 Å². The molecule has 0 radical (unpaired) electrons. The van der Waals surface area contributed by atoms with Crippen LogP contribution in [0.3, 0.4) is 0 Å². The molecular weight excluding hydrogens is 258 g/mol. The van der Waals surface area contributed by atoms with E-state index in [1.807, 2.05) is 13.2 Å². The number of rotatable bonds is 5. The summed E-state index contributed by atoms with van der Waals surface area (Å²) in [4.78, 5) is 12.0. The first-order chi connectivity index (χ1) is 8.08. The Morgan fingerprint density at radius 3 is 2.88 bits per heavy atom. The number of hydrazine groups is 1. The van der Waals surface area contributed by atoms with Crippen LogP contribution in [0, 0.1) is 0 Å². The van der Waals surface area contributed by atoms with Gasteiger partial charge in [0, 0.05) is 16.8 Å². The molecule has 4 nitrogen and oxygen atoms in total. The number of nitrogen functional groups attached to an aromatic ring is 1. The normalized spacial score (nSPS) is 12.0. The van der Waals surface area contributed by atoms with E-state index in [2.05, 4.69) is 10.7 Å². The van der Waals surface area contributed by atoms with Gasteiger partial charge in [-0.1, -0.05) is 11.6 Å². The van der Waals surface area contributed by atoms with Crippen LogP contribution in [0.15, 0.2) is 18.2 Å². The van der Waals surface area contributed by atoms with Crippen LogP contribution in [0.1, 0.15) is 17.3 Å². The van der Waals surface area contributed by atoms with E-state index in [4.69, 9.17) is 17.4 Å². The third-order valence-electron chi connectivity index (χ3n) is 2.18. The van der Waals surface area contributed by atoms with Crippen molar-refractivity contribution >= 4 is 35.0 Å². The lowest BCUT2D eigenvalue weighted by atomic mass is 10.1. The molecule has 1 aromatic rings. The standard InChI is InChI=1S/C11H16ClN3OS/c1-7(6-17-2)14-11(16)9-5-8(12)3-4-10(9)15-13/h3-5,7,15H,6,13H2,1-2H3,(H,14,16). The van der Waals surface area contributed by atoms with Crippen LogP contribution in [-0.4, -0.2) is 24.0 Å². The van der Waals surface area contributed by atoms with E-state index < -0.39 is 0 Å². The van der Waals surface area contributed by atoms with Gasteiger partial charge in [-0.2, -0.15) is 11.8 Å². The maximum absolute atomic E-state index is 12.0. The van der Waals surface area contributed by atoms with E-state index in [9.17, 15) is 4.79 Å². The van der Waals surface area contributed by atoms with Crippen molar-refractivity contribution in [3.63, 3.8) is 0 Å². The number of hydrogen-bond acceptors (Lipinski definition) is 4. The summed E-state index contributed by atoms with van der Waals surface area (Å²) in [5, 5.41) is 3.39. The average Bonchev–Trinajstić information content (AvgIpc) is 2.29. The van der Waals surface area contributed by atoms with Crippen LogP contribution in [0.25, 0.3) is 0 Å². The van der Waals surface area contributed by atoms with Crippen molar-refractivity contribution in [2.45, 2.75) is 13.0 Å². The molecule has 1 unspecified atom stereocenters. The first kappa shape index (κ1) is 14.2. The second-order valence-corrected chi connectivity index (χ2v) is 5.01. The molecule has 0 spiro atoms. The predicted octanol–water partition coefficient (Wildman–Crippen LogP) is 2.11. The smallest absolute Gasteiger partial charge is 0.253 e. The highest BCUT2D eigenvalue weighted by atomic mass is 35.5. The van der Waals surface area contributed by atoms with E-state index in [1.54, 1.807) is 30.0 Å². The monoisotopic (exact) mass is 273 g/mol. The number of benzene rings is 1. The molecule has 0 fully saturated rings. The van der Waals surface area contributed by atoms with Crippen LogP contribution < -0.4 is 16.6 Å². The molecule has 0 bridgehead atoms. The Hall–Kier alpha value is -0.910. The van der Waals surface area contributed by atoms with Crippen molar-refractivity contribution in [1.82, 2.24) is 5.32 Å². The second-order valence-electron chi connectivity index (χ2n) is 3.66. The highest BCUT2D eigenvalue weighted by Gasteiger charge is 2.13. The molecular formula is C11H16ClN3OS. The van der Waals surface area contributed by atoms with E-state index in [0.717, 1.165) is 5.75 Å². The van der Waals surface area contributed by atoms with E-state index in [-0.39, 0.29) is 11.9 Å². The van der Waals surface area contributed by atoms with Gasteiger partial charge in [-0.15, -0.1) is 0 Å². The first-order valence-electron chi connectivity index (χ1n) is 5.14. The quantitative estimate of drug-likeness (QED) is 0.568. The molecule has 0 aliphatic heterocycles. The molecule has 0 saturated carbocycles. The molecule has 0 aromatic heterocycles. The molecule has 1 atom stereocenters. The summed E-state index contributed by atoms with van der Waals surface area (Å²) in [5.41, 5.74) is 3.49. The van der Waals surface area contributed by atoms with Gasteiger partial charge >= 0.3 is 0 Å². The minimum absolute atomic E-state index is 0.0992. The number of thioether (sulfide) groups is 1. The van der Waals surface area contributed by atoms with Crippen LogP contribution in [0.5, 0.6) is 0 Å². The van der Waals surface area contributed by atoms with Gasteiger partial charge in [0.15, 0.2) is 0 Å². The molecule has 0 heterocycles. The van der Waals surface area contributed by atoms with Crippen molar-refractivity contribution in [2.75, 3.05) is 17.4 Å². The van der Waals surface area contributed by atoms with Gasteiger partial charge in [0.1, 0.15) is 0 Å². The minimum atomic E-state index is -0.179. The Labute approximate surface area is 110 Å². The Morgan fingerprint density at radius 2 is 2.29 bits per heavy atom. The first-order valence-corrected chi connectivity index (χ1v) is 6.91. The highest BCUT2D eigenvalue weighted by Crippen LogP contribution is 2.19. The fourth-order valence-corrected chi connectivity index (χ4v) is 2.18. The van der Waals surface area contributed by atoms with Gasteiger partial charge in [-0.05, 0) is 31.4 Å². The van der Waals surface area contributed by atoms with E-state index in [0.29, 0.717) is 16.3 Å². The topological polar surface area (TPSA) is 67.2 Å². The SMILES string of the molecule is CSCC(C)NC(=O)c1cc(Cl)ccc1NN. The molecule has 1 amide bonds. The summed E-state index contributed by atoms with van der Waals surface area (Å²) < 4.78 is 0. The largest absolute Gasteiger partial charge is 0.349 e. The molecule has 1 aromatic carbocycles. The molecule has 94 valence electrons. The number of nitrogens with one attached hydrogen (secondary N) is 2. The van der Waals surface area contributed by atoms with Crippen molar-refractivity contribution in [2.24, 2.45) is 5.84 Å². The Bertz CT molecular complexity index is 400. The summed E-state index contributed by atoms with van der Waals surface area (Å²) in [6, 6.07) is 5.05. The van der Waals surface area contributed by atoms with Crippen LogP contribution in [-0.2, 0) is 0 Å². The molecule has 4 N–H and O–H groups in total. The maximum atomic E-state index is 12.0. The summed E-state index contributed by atoms with van der Waals surface area (Å²) in [6.07, 6.45) is 1.99. The molecule has 6 heteroatoms. The number of anilines is 1. The number of halogens is 1. The number of carbonyl (C=O) groups is 1. The Kier molecular flexibility index (Phi) is 5.61. The number of nitrogens with two attached hydrogens (primary N) is 1. The van der Waals surface area contributed by atoms with Gasteiger partial charge in [0.25, 0.3) is 5.91 Å². The molecule has 0 aliphatic carbocycles. The summed E-state index contributed by atoms with van der Waals surface area (Å²) in [7, 11) is 0. The lowest BCUT2D eigenvalue weighted by Crippen LogP contribution is -2.34. The van der Waals surface area contributed by atoms with Crippen molar-refractivity contribution in [1.29, 1.82) is 0 Å². The van der Waals surface area contributed by atoms with Gasteiger partial charge in [0.2, 0.25) is 0 Å². The minimum Gasteiger partial charge on any atom is -0.349 e. The maximum Gasteiger partial charge on any atom is 0.253 e. The number of hydrogen-bond donors (Lipinski definition) is 3. The van der Waals surface area contributed by atoms with Crippen LogP contribution >= 0.6 is 23.4 Å². The predicted molar refractivity (Wildman–Crippen MR) is 74.6 cm³/mol. The van der Waals surface area contributed by atoms with Gasteiger partial charge in [-0.3, -0.25) is 10.6 Å². The van der Waals surface area contributed by atoms with Gasteiger partial charge < -0.3 is 10.7 Å². The molecule has 0 saturated heterocycles. The summed E-state index contributed by atoms with van der Waals surface area (Å²) in [6.45, 7) is 1.95. The zero-order chi connectivity index (χ0) is 12.8. The Balaban J connectivity index is 2.83. The average molecular weight is 274 g/mol. The third-order valence-corrected chi connectivity index (χ3v) is 3.24.